The summed E-state index contributed by atoms with van der Waals surface area (Å²) < 4.78 is 1.61. The maximum Gasteiger partial charge on any atom is 0.261 e. The largest absolute Gasteiger partial charge is 0.391 e. The van der Waals surface area contributed by atoms with E-state index in [0.29, 0.717) is 35.0 Å². The minimum Gasteiger partial charge on any atom is -0.391 e. The lowest BCUT2D eigenvalue weighted by molar-refractivity contribution is 0.0735. The fourth-order valence-electron chi connectivity index (χ4n) is 5.41. The van der Waals surface area contributed by atoms with Crippen LogP contribution in [0.1, 0.15) is 48.5 Å². The molecule has 2 aromatic carbocycles. The topological polar surface area (TPSA) is 105 Å². The highest BCUT2D eigenvalue weighted by atomic mass is 16.3. The molecule has 0 aliphatic heterocycles. The van der Waals surface area contributed by atoms with Crippen molar-refractivity contribution in [3.63, 3.8) is 0 Å². The maximum atomic E-state index is 13.6. The summed E-state index contributed by atoms with van der Waals surface area (Å²) >= 11 is 0. The second kappa shape index (κ2) is 9.57. The zero-order chi connectivity index (χ0) is 25.4. The van der Waals surface area contributed by atoms with Gasteiger partial charge in [-0.1, -0.05) is 43.2 Å². The molecule has 3 heterocycles. The number of aliphatic hydroxyl groups is 1. The molecule has 182 valence electrons. The van der Waals surface area contributed by atoms with Crippen molar-refractivity contribution in [2.24, 2.45) is 0 Å². The third-order valence-electron chi connectivity index (χ3n) is 7.34. The number of fused-ring (bicyclic) bond motifs is 3. The Kier molecular flexibility index (Phi) is 5.95. The van der Waals surface area contributed by atoms with Crippen molar-refractivity contribution in [1.29, 1.82) is 5.26 Å². The second-order valence-electron chi connectivity index (χ2n) is 9.62. The molecule has 0 spiro atoms. The number of benzene rings is 2. The standard InChI is InChI=1S/C30H25N5O2/c31-17-23-15-21(11-13-32-23)20-9-7-19(8-10-20)14-22-16-25-29(28-24(22)4-3-12-33-28)34-18-35(30(25)37)26-5-1-2-6-27(26)36/h3-4,7-13,15-16,18,26-27,36H,1-2,5-6,14H2/t26-,27-/m0/s1. The quantitative estimate of drug-likeness (QED) is 0.360. The fourth-order valence-corrected chi connectivity index (χ4v) is 5.41. The molecule has 0 bridgehead atoms. The molecule has 7 heteroatoms. The Labute approximate surface area is 213 Å². The van der Waals surface area contributed by atoms with E-state index < -0.39 is 6.10 Å². The molecule has 3 aromatic heterocycles. The van der Waals surface area contributed by atoms with Gasteiger partial charge < -0.3 is 5.11 Å². The number of aliphatic hydroxyl groups excluding tert-OH is 1. The lowest BCUT2D eigenvalue weighted by atomic mass is 9.92. The smallest absolute Gasteiger partial charge is 0.261 e. The molecule has 1 fully saturated rings. The van der Waals surface area contributed by atoms with Crippen LogP contribution < -0.4 is 5.56 Å². The summed E-state index contributed by atoms with van der Waals surface area (Å²) in [6.45, 7) is 0. The number of hydrogen-bond donors (Lipinski definition) is 1. The van der Waals surface area contributed by atoms with Crippen molar-refractivity contribution in [3.8, 4) is 17.2 Å². The third kappa shape index (κ3) is 4.26. The number of nitrogens with zero attached hydrogens (tertiary/aromatic N) is 5. The molecule has 1 saturated carbocycles. The molecule has 0 saturated heterocycles. The van der Waals surface area contributed by atoms with E-state index in [0.717, 1.165) is 46.9 Å². The molecule has 7 nitrogen and oxygen atoms in total. The van der Waals surface area contributed by atoms with Crippen molar-refractivity contribution < 1.29 is 5.11 Å². The Morgan fingerprint density at radius 3 is 2.54 bits per heavy atom. The highest BCUT2D eigenvalue weighted by Gasteiger charge is 2.26. The molecule has 1 aliphatic rings. The zero-order valence-corrected chi connectivity index (χ0v) is 20.2. The number of aromatic nitrogens is 4. The van der Waals surface area contributed by atoms with Gasteiger partial charge in [0.25, 0.3) is 5.56 Å². The van der Waals surface area contributed by atoms with Crippen LogP contribution in [-0.2, 0) is 6.42 Å². The second-order valence-corrected chi connectivity index (χ2v) is 9.62. The Morgan fingerprint density at radius 1 is 0.919 bits per heavy atom. The maximum absolute atomic E-state index is 13.6. The summed E-state index contributed by atoms with van der Waals surface area (Å²) in [5.41, 5.74) is 5.59. The van der Waals surface area contributed by atoms with Gasteiger partial charge in [0.1, 0.15) is 17.3 Å². The molecule has 0 radical (unpaired) electrons. The lowest BCUT2D eigenvalue weighted by Gasteiger charge is -2.29. The van der Waals surface area contributed by atoms with Gasteiger partial charge in [-0.3, -0.25) is 14.3 Å². The predicted octanol–water partition coefficient (Wildman–Crippen LogP) is 4.95. The first kappa shape index (κ1) is 23.0. The molecule has 1 aliphatic carbocycles. The normalized spacial score (nSPS) is 17.6. The van der Waals surface area contributed by atoms with E-state index >= 15 is 0 Å². The number of rotatable bonds is 4. The average Bonchev–Trinajstić information content (AvgIpc) is 2.95. The van der Waals surface area contributed by atoms with E-state index in [1.165, 1.54) is 0 Å². The van der Waals surface area contributed by atoms with Crippen LogP contribution in [0, 0.1) is 11.3 Å². The highest BCUT2D eigenvalue weighted by Crippen LogP contribution is 2.30. The van der Waals surface area contributed by atoms with Crippen molar-refractivity contribution >= 4 is 21.8 Å². The van der Waals surface area contributed by atoms with Gasteiger partial charge in [0.05, 0.1) is 29.4 Å². The van der Waals surface area contributed by atoms with Gasteiger partial charge in [0.2, 0.25) is 0 Å². The van der Waals surface area contributed by atoms with Crippen molar-refractivity contribution in [2.45, 2.75) is 44.2 Å². The summed E-state index contributed by atoms with van der Waals surface area (Å²) in [6, 6.07) is 19.6. The molecule has 1 N–H and O–H groups in total. The Bertz CT molecular complexity index is 1720. The first-order valence-electron chi connectivity index (χ1n) is 12.5. The lowest BCUT2D eigenvalue weighted by Crippen LogP contribution is -2.34. The number of nitriles is 1. The summed E-state index contributed by atoms with van der Waals surface area (Å²) in [7, 11) is 0. The van der Waals surface area contributed by atoms with Crippen LogP contribution in [0.15, 0.2) is 78.1 Å². The zero-order valence-electron chi connectivity index (χ0n) is 20.2. The van der Waals surface area contributed by atoms with Crippen LogP contribution in [0.5, 0.6) is 0 Å². The van der Waals surface area contributed by atoms with Gasteiger partial charge in [0.15, 0.2) is 0 Å². The third-order valence-corrected chi connectivity index (χ3v) is 7.34. The van der Waals surface area contributed by atoms with Crippen LogP contribution >= 0.6 is 0 Å². The Hall–Kier alpha value is -4.41. The number of hydrogen-bond acceptors (Lipinski definition) is 6. The van der Waals surface area contributed by atoms with Crippen LogP contribution in [0.2, 0.25) is 0 Å². The van der Waals surface area contributed by atoms with Gasteiger partial charge in [-0.25, -0.2) is 9.97 Å². The van der Waals surface area contributed by atoms with Gasteiger partial charge in [0, 0.05) is 17.8 Å². The van der Waals surface area contributed by atoms with Crippen molar-refractivity contribution in [3.05, 3.63) is 100 Å². The van der Waals surface area contributed by atoms with E-state index in [4.69, 9.17) is 5.26 Å². The Morgan fingerprint density at radius 2 is 1.73 bits per heavy atom. The van der Waals surface area contributed by atoms with Gasteiger partial charge in [-0.15, -0.1) is 0 Å². The van der Waals surface area contributed by atoms with Gasteiger partial charge in [-0.05, 0) is 65.8 Å². The summed E-state index contributed by atoms with van der Waals surface area (Å²) in [4.78, 5) is 26.9. The highest BCUT2D eigenvalue weighted by molar-refractivity contribution is 6.04. The van der Waals surface area contributed by atoms with Crippen LogP contribution in [-0.4, -0.2) is 30.7 Å². The van der Waals surface area contributed by atoms with E-state index in [9.17, 15) is 9.90 Å². The molecule has 0 amide bonds. The Balaban J connectivity index is 1.41. The molecular weight excluding hydrogens is 462 g/mol. The monoisotopic (exact) mass is 487 g/mol. The molecule has 2 atom stereocenters. The summed E-state index contributed by atoms with van der Waals surface area (Å²) in [6.07, 6.45) is 8.47. The minimum absolute atomic E-state index is 0.133. The van der Waals surface area contributed by atoms with E-state index in [-0.39, 0.29) is 11.6 Å². The van der Waals surface area contributed by atoms with Gasteiger partial charge in [-0.2, -0.15) is 5.26 Å². The van der Waals surface area contributed by atoms with E-state index in [1.54, 1.807) is 29.4 Å². The van der Waals surface area contributed by atoms with Crippen molar-refractivity contribution in [2.75, 3.05) is 0 Å². The predicted molar refractivity (Wildman–Crippen MR) is 142 cm³/mol. The van der Waals surface area contributed by atoms with E-state index in [2.05, 4.69) is 33.2 Å². The molecule has 6 rings (SSSR count). The summed E-state index contributed by atoms with van der Waals surface area (Å²) in [5, 5.41) is 21.2. The molecule has 37 heavy (non-hydrogen) atoms. The minimum atomic E-state index is -0.535. The van der Waals surface area contributed by atoms with Crippen LogP contribution in [0.25, 0.3) is 32.9 Å². The average molecular weight is 488 g/mol. The SMILES string of the molecule is N#Cc1cc(-c2ccc(Cc3cc4c(=O)n([C@H]5CCCC[C@@H]5O)cnc4c4ncccc34)cc2)ccn1. The van der Waals surface area contributed by atoms with Crippen LogP contribution in [0.3, 0.4) is 0 Å². The first-order chi connectivity index (χ1) is 18.1. The molecule has 0 unspecified atom stereocenters. The first-order valence-corrected chi connectivity index (χ1v) is 12.5. The van der Waals surface area contributed by atoms with Gasteiger partial charge >= 0.3 is 0 Å². The summed E-state index contributed by atoms with van der Waals surface area (Å²) in [5.74, 6) is 0. The van der Waals surface area contributed by atoms with E-state index in [1.807, 2.05) is 36.4 Å². The van der Waals surface area contributed by atoms with Crippen molar-refractivity contribution in [1.82, 2.24) is 19.5 Å². The van der Waals surface area contributed by atoms with Crippen LogP contribution in [0.4, 0.5) is 0 Å². The number of pyridine rings is 2. The molecule has 5 aromatic rings. The fraction of sp³-hybridized carbons (Fsp3) is 0.233. The molecular formula is C30H25N5O2.